The third-order valence-corrected chi connectivity index (χ3v) is 6.74. The normalized spacial score (nSPS) is 24.8. The van der Waals surface area contributed by atoms with Gasteiger partial charge in [-0.3, -0.25) is 0 Å². The fraction of sp³-hybridized carbons (Fsp3) is 0.867. The molecule has 0 radical (unpaired) electrons. The summed E-state index contributed by atoms with van der Waals surface area (Å²) < 4.78 is 39.7. The smallest absolute Gasteiger partial charge is 0.282 e. The van der Waals surface area contributed by atoms with Crippen molar-refractivity contribution in [2.45, 2.75) is 57.6 Å². The second-order valence-corrected chi connectivity index (χ2v) is 8.30. The standard InChI is InChI=1S/C15H26N4O4S/c1-22-12-14-16-15(17-23-14)13-8-4-2-7-11-19(13)24(20,21)18-9-5-3-6-10-18/h13H,2-12H2,1H3. The second kappa shape index (κ2) is 7.90. The molecule has 3 heterocycles. The summed E-state index contributed by atoms with van der Waals surface area (Å²) in [6, 6.07) is -0.353. The van der Waals surface area contributed by atoms with Gasteiger partial charge in [0, 0.05) is 26.7 Å². The largest absolute Gasteiger partial charge is 0.375 e. The van der Waals surface area contributed by atoms with Gasteiger partial charge in [-0.2, -0.15) is 22.0 Å². The maximum Gasteiger partial charge on any atom is 0.282 e. The molecule has 0 aromatic carbocycles. The minimum atomic E-state index is -3.50. The van der Waals surface area contributed by atoms with E-state index in [1.807, 2.05) is 0 Å². The molecule has 136 valence electrons. The second-order valence-electron chi connectivity index (χ2n) is 6.42. The van der Waals surface area contributed by atoms with E-state index in [9.17, 15) is 8.42 Å². The molecule has 0 N–H and O–H groups in total. The van der Waals surface area contributed by atoms with Gasteiger partial charge < -0.3 is 9.26 Å². The first-order chi connectivity index (χ1) is 11.6. The summed E-state index contributed by atoms with van der Waals surface area (Å²) >= 11 is 0. The quantitative estimate of drug-likeness (QED) is 0.798. The van der Waals surface area contributed by atoms with Gasteiger partial charge in [0.2, 0.25) is 0 Å². The monoisotopic (exact) mass is 358 g/mol. The van der Waals surface area contributed by atoms with Gasteiger partial charge in [0.25, 0.3) is 16.1 Å². The summed E-state index contributed by atoms with van der Waals surface area (Å²) in [5.41, 5.74) is 0. The van der Waals surface area contributed by atoms with Crippen LogP contribution in [0.1, 0.15) is 62.7 Å². The first-order valence-electron chi connectivity index (χ1n) is 8.71. The number of methoxy groups -OCH3 is 1. The summed E-state index contributed by atoms with van der Waals surface area (Å²) in [6.45, 7) is 1.95. The zero-order valence-corrected chi connectivity index (χ0v) is 15.0. The molecule has 1 atom stereocenters. The minimum Gasteiger partial charge on any atom is -0.375 e. The lowest BCUT2D eigenvalue weighted by Crippen LogP contribution is -2.47. The highest BCUT2D eigenvalue weighted by molar-refractivity contribution is 7.86. The van der Waals surface area contributed by atoms with Crippen LogP contribution in [0.5, 0.6) is 0 Å². The van der Waals surface area contributed by atoms with E-state index < -0.39 is 10.2 Å². The predicted molar refractivity (Wildman–Crippen MR) is 87.3 cm³/mol. The molecule has 1 unspecified atom stereocenters. The van der Waals surface area contributed by atoms with E-state index in [4.69, 9.17) is 9.26 Å². The van der Waals surface area contributed by atoms with Gasteiger partial charge in [-0.25, -0.2) is 0 Å². The SMILES string of the molecule is COCc1nc(C2CCCCCN2S(=O)(=O)N2CCCCC2)no1. The predicted octanol–water partition coefficient (Wildman–Crippen LogP) is 1.86. The molecule has 0 saturated carbocycles. The Kier molecular flexibility index (Phi) is 5.85. The number of nitrogens with zero attached hydrogens (tertiary/aromatic N) is 4. The topological polar surface area (TPSA) is 88.8 Å². The molecule has 3 rings (SSSR count). The van der Waals surface area contributed by atoms with E-state index in [0.29, 0.717) is 31.3 Å². The van der Waals surface area contributed by atoms with E-state index >= 15 is 0 Å². The van der Waals surface area contributed by atoms with Gasteiger partial charge in [-0.1, -0.05) is 24.4 Å². The van der Waals surface area contributed by atoms with Gasteiger partial charge >= 0.3 is 0 Å². The van der Waals surface area contributed by atoms with Crippen LogP contribution < -0.4 is 0 Å². The molecule has 2 aliphatic rings. The molecule has 2 aliphatic heterocycles. The van der Waals surface area contributed by atoms with Crippen molar-refractivity contribution in [2.24, 2.45) is 0 Å². The zero-order valence-electron chi connectivity index (χ0n) is 14.2. The molecule has 2 fully saturated rings. The van der Waals surface area contributed by atoms with Crippen molar-refractivity contribution in [3.8, 4) is 0 Å². The molecule has 0 amide bonds. The first-order valence-corrected chi connectivity index (χ1v) is 10.1. The van der Waals surface area contributed by atoms with Gasteiger partial charge in [0.1, 0.15) is 6.61 Å². The van der Waals surface area contributed by atoms with Crippen LogP contribution in [0.3, 0.4) is 0 Å². The van der Waals surface area contributed by atoms with Crippen LogP contribution in [0.15, 0.2) is 4.52 Å². The fourth-order valence-corrected chi connectivity index (χ4v) is 5.34. The fourth-order valence-electron chi connectivity index (χ4n) is 3.45. The number of aromatic nitrogens is 2. The van der Waals surface area contributed by atoms with E-state index in [1.165, 1.54) is 0 Å². The Bertz CT molecular complexity index is 627. The van der Waals surface area contributed by atoms with Crippen LogP contribution in [0.4, 0.5) is 0 Å². The summed E-state index contributed by atoms with van der Waals surface area (Å²) in [6.07, 6.45) is 6.53. The number of hydrogen-bond donors (Lipinski definition) is 0. The molecular weight excluding hydrogens is 332 g/mol. The van der Waals surface area contributed by atoms with Crippen molar-refractivity contribution in [1.82, 2.24) is 18.8 Å². The third kappa shape index (κ3) is 3.79. The summed E-state index contributed by atoms with van der Waals surface area (Å²) in [4.78, 5) is 4.35. The number of rotatable bonds is 5. The maximum absolute atomic E-state index is 13.2. The molecular formula is C15H26N4O4S. The Hall–Kier alpha value is -1.03. The highest BCUT2D eigenvalue weighted by Crippen LogP contribution is 2.32. The number of hydrogen-bond acceptors (Lipinski definition) is 6. The summed E-state index contributed by atoms with van der Waals surface area (Å²) in [5.74, 6) is 0.830. The summed E-state index contributed by atoms with van der Waals surface area (Å²) in [7, 11) is -1.94. The lowest BCUT2D eigenvalue weighted by atomic mass is 10.1. The Morgan fingerprint density at radius 1 is 1.12 bits per heavy atom. The van der Waals surface area contributed by atoms with E-state index in [0.717, 1.165) is 44.9 Å². The van der Waals surface area contributed by atoms with Crippen molar-refractivity contribution in [2.75, 3.05) is 26.7 Å². The van der Waals surface area contributed by atoms with Crippen LogP contribution in [0.25, 0.3) is 0 Å². The Morgan fingerprint density at radius 2 is 1.83 bits per heavy atom. The van der Waals surface area contributed by atoms with Gasteiger partial charge in [0.05, 0.1) is 6.04 Å². The highest BCUT2D eigenvalue weighted by Gasteiger charge is 2.38. The molecule has 0 aliphatic carbocycles. The van der Waals surface area contributed by atoms with Crippen LogP contribution in [-0.2, 0) is 21.6 Å². The van der Waals surface area contributed by atoms with Crippen LogP contribution >= 0.6 is 0 Å². The number of piperidine rings is 1. The molecule has 24 heavy (non-hydrogen) atoms. The van der Waals surface area contributed by atoms with Gasteiger partial charge in [-0.05, 0) is 25.7 Å². The van der Waals surface area contributed by atoms with E-state index in [2.05, 4.69) is 10.1 Å². The van der Waals surface area contributed by atoms with E-state index in [-0.39, 0.29) is 12.6 Å². The molecule has 8 nitrogen and oxygen atoms in total. The lowest BCUT2D eigenvalue weighted by Gasteiger charge is -2.34. The maximum atomic E-state index is 13.2. The van der Waals surface area contributed by atoms with Gasteiger partial charge in [-0.15, -0.1) is 0 Å². The summed E-state index contributed by atoms with van der Waals surface area (Å²) in [5, 5.41) is 4.02. The Labute approximate surface area is 143 Å². The minimum absolute atomic E-state index is 0.235. The highest BCUT2D eigenvalue weighted by atomic mass is 32.2. The molecule has 2 saturated heterocycles. The zero-order chi connectivity index (χ0) is 17.0. The first kappa shape index (κ1) is 17.8. The van der Waals surface area contributed by atoms with E-state index in [1.54, 1.807) is 15.7 Å². The van der Waals surface area contributed by atoms with Gasteiger partial charge in [0.15, 0.2) is 5.82 Å². The van der Waals surface area contributed by atoms with Crippen LogP contribution in [0, 0.1) is 0 Å². The molecule has 1 aromatic heterocycles. The Balaban J connectivity index is 1.86. The lowest BCUT2D eigenvalue weighted by molar-refractivity contribution is 0.151. The molecule has 1 aromatic rings. The van der Waals surface area contributed by atoms with Crippen molar-refractivity contribution >= 4 is 10.2 Å². The van der Waals surface area contributed by atoms with Crippen molar-refractivity contribution < 1.29 is 17.7 Å². The van der Waals surface area contributed by atoms with Crippen molar-refractivity contribution in [3.05, 3.63) is 11.7 Å². The molecule has 9 heteroatoms. The van der Waals surface area contributed by atoms with Crippen LogP contribution in [0.2, 0.25) is 0 Å². The Morgan fingerprint density at radius 3 is 2.58 bits per heavy atom. The average Bonchev–Trinajstić information content (AvgIpc) is 2.91. The molecule has 0 bridgehead atoms. The molecule has 0 spiro atoms. The van der Waals surface area contributed by atoms with Crippen LogP contribution in [-0.4, -0.2) is 53.9 Å². The average molecular weight is 358 g/mol. The third-order valence-electron chi connectivity index (χ3n) is 4.69. The van der Waals surface area contributed by atoms with Crippen molar-refractivity contribution in [1.29, 1.82) is 0 Å². The van der Waals surface area contributed by atoms with Crippen molar-refractivity contribution in [3.63, 3.8) is 0 Å². The number of ether oxygens (including phenoxy) is 1.